The molecule has 1 aromatic rings. The molecule has 0 aromatic heterocycles. The predicted molar refractivity (Wildman–Crippen MR) is 62.4 cm³/mol. The highest BCUT2D eigenvalue weighted by atomic mass is 16.2. The highest BCUT2D eigenvalue weighted by molar-refractivity contribution is 6.08. The molecule has 2 amide bonds. The van der Waals surface area contributed by atoms with Crippen molar-refractivity contribution in [1.82, 2.24) is 0 Å². The second kappa shape index (κ2) is 3.96. The van der Waals surface area contributed by atoms with Crippen LogP contribution in [0.4, 0.5) is 0 Å². The van der Waals surface area contributed by atoms with Gasteiger partial charge in [0.1, 0.15) is 0 Å². The number of carbonyl (C=O) groups excluding carboxylic acids is 2. The van der Waals surface area contributed by atoms with E-state index in [-0.39, 0.29) is 11.1 Å². The zero-order valence-electron chi connectivity index (χ0n) is 9.97. The Labute approximate surface area is 94.6 Å². The van der Waals surface area contributed by atoms with Gasteiger partial charge in [-0.1, -0.05) is 0 Å². The van der Waals surface area contributed by atoms with Gasteiger partial charge in [-0.2, -0.15) is 0 Å². The summed E-state index contributed by atoms with van der Waals surface area (Å²) in [5.74, 6) is -1.23. The van der Waals surface area contributed by atoms with E-state index < -0.39 is 11.8 Å². The van der Waals surface area contributed by atoms with E-state index in [0.717, 1.165) is 22.3 Å². The summed E-state index contributed by atoms with van der Waals surface area (Å²) in [7, 11) is 0. The van der Waals surface area contributed by atoms with E-state index in [1.807, 2.05) is 13.8 Å². The number of amides is 2. The van der Waals surface area contributed by atoms with Crippen LogP contribution in [0.25, 0.3) is 0 Å². The average Bonchev–Trinajstić information content (AvgIpc) is 2.18. The quantitative estimate of drug-likeness (QED) is 0.782. The molecule has 0 atom stereocenters. The molecule has 86 valence electrons. The zero-order valence-corrected chi connectivity index (χ0v) is 9.97. The number of rotatable bonds is 2. The van der Waals surface area contributed by atoms with Gasteiger partial charge in [0.15, 0.2) is 0 Å². The largest absolute Gasteiger partial charge is 0.366 e. The lowest BCUT2D eigenvalue weighted by Gasteiger charge is -2.16. The first-order valence-electron chi connectivity index (χ1n) is 4.99. The molecule has 0 aliphatic heterocycles. The molecule has 4 heteroatoms. The fraction of sp³-hybridized carbons (Fsp3) is 0.333. The van der Waals surface area contributed by atoms with Crippen molar-refractivity contribution in [3.63, 3.8) is 0 Å². The minimum atomic E-state index is -0.613. The fourth-order valence-electron chi connectivity index (χ4n) is 1.93. The lowest BCUT2D eigenvalue weighted by atomic mass is 9.88. The van der Waals surface area contributed by atoms with E-state index in [9.17, 15) is 9.59 Å². The van der Waals surface area contributed by atoms with E-state index in [1.54, 1.807) is 13.8 Å². The molecule has 0 heterocycles. The molecule has 4 N–H and O–H groups in total. The van der Waals surface area contributed by atoms with Crippen LogP contribution in [-0.2, 0) is 0 Å². The van der Waals surface area contributed by atoms with Crippen molar-refractivity contribution >= 4 is 11.8 Å². The predicted octanol–water partition coefficient (Wildman–Crippen LogP) is 1.12. The van der Waals surface area contributed by atoms with Crippen molar-refractivity contribution in [2.24, 2.45) is 11.5 Å². The molecule has 0 aliphatic rings. The van der Waals surface area contributed by atoms with Crippen LogP contribution in [0.2, 0.25) is 0 Å². The van der Waals surface area contributed by atoms with Crippen molar-refractivity contribution in [2.75, 3.05) is 0 Å². The summed E-state index contributed by atoms with van der Waals surface area (Å²) < 4.78 is 0. The maximum Gasteiger partial charge on any atom is 0.249 e. The third-order valence-electron chi connectivity index (χ3n) is 3.18. The molecule has 0 spiro atoms. The summed E-state index contributed by atoms with van der Waals surface area (Å²) in [5, 5.41) is 0. The van der Waals surface area contributed by atoms with Gasteiger partial charge in [-0.15, -0.1) is 0 Å². The Bertz CT molecular complexity index is 446. The first-order chi connectivity index (χ1) is 7.29. The molecule has 1 aromatic carbocycles. The Morgan fingerprint density at radius 3 is 1.12 bits per heavy atom. The van der Waals surface area contributed by atoms with Crippen LogP contribution in [-0.4, -0.2) is 11.8 Å². The maximum atomic E-state index is 11.4. The van der Waals surface area contributed by atoms with E-state index in [2.05, 4.69) is 0 Å². The zero-order chi connectivity index (χ0) is 12.6. The average molecular weight is 220 g/mol. The van der Waals surface area contributed by atoms with Crippen LogP contribution in [0.1, 0.15) is 43.0 Å². The van der Waals surface area contributed by atoms with Gasteiger partial charge in [-0.25, -0.2) is 0 Å². The van der Waals surface area contributed by atoms with E-state index in [1.165, 1.54) is 0 Å². The molecule has 0 saturated carbocycles. The van der Waals surface area contributed by atoms with Crippen LogP contribution < -0.4 is 11.5 Å². The number of primary amides is 2. The van der Waals surface area contributed by atoms with Crippen LogP contribution in [0, 0.1) is 27.7 Å². The van der Waals surface area contributed by atoms with Crippen LogP contribution in [0.3, 0.4) is 0 Å². The van der Waals surface area contributed by atoms with Crippen molar-refractivity contribution in [2.45, 2.75) is 27.7 Å². The van der Waals surface area contributed by atoms with E-state index in [0.29, 0.717) is 0 Å². The summed E-state index contributed by atoms with van der Waals surface area (Å²) in [5.41, 5.74) is 14.5. The van der Waals surface area contributed by atoms with Crippen molar-refractivity contribution in [3.05, 3.63) is 33.4 Å². The SMILES string of the molecule is Cc1c(C)c(C)c(C(N)=O)c(C(N)=O)c1C. The van der Waals surface area contributed by atoms with Gasteiger partial charge < -0.3 is 11.5 Å². The molecule has 0 saturated heterocycles. The van der Waals surface area contributed by atoms with Crippen LogP contribution in [0.15, 0.2) is 0 Å². The second-order valence-electron chi connectivity index (χ2n) is 3.98. The van der Waals surface area contributed by atoms with Gasteiger partial charge in [-0.3, -0.25) is 9.59 Å². The monoisotopic (exact) mass is 220 g/mol. The molecule has 0 fully saturated rings. The van der Waals surface area contributed by atoms with Crippen LogP contribution >= 0.6 is 0 Å². The Morgan fingerprint density at radius 1 is 0.688 bits per heavy atom. The molecule has 0 unspecified atom stereocenters. The van der Waals surface area contributed by atoms with Gasteiger partial charge in [0.25, 0.3) is 0 Å². The van der Waals surface area contributed by atoms with Crippen molar-refractivity contribution in [3.8, 4) is 0 Å². The molecular formula is C12H16N2O2. The molecule has 4 nitrogen and oxygen atoms in total. The number of benzene rings is 1. The normalized spacial score (nSPS) is 10.2. The van der Waals surface area contributed by atoms with Gasteiger partial charge in [0.2, 0.25) is 11.8 Å². The number of carbonyl (C=O) groups is 2. The molecule has 1 rings (SSSR count). The summed E-state index contributed by atoms with van der Waals surface area (Å²) in [6, 6.07) is 0. The minimum absolute atomic E-state index is 0.244. The van der Waals surface area contributed by atoms with E-state index in [4.69, 9.17) is 11.5 Å². The summed E-state index contributed by atoms with van der Waals surface area (Å²) in [6.45, 7) is 7.34. The topological polar surface area (TPSA) is 86.2 Å². The molecule has 0 aliphatic carbocycles. The summed E-state index contributed by atoms with van der Waals surface area (Å²) >= 11 is 0. The Morgan fingerprint density at radius 2 is 0.938 bits per heavy atom. The Kier molecular flexibility index (Phi) is 3.03. The lowest BCUT2D eigenvalue weighted by molar-refractivity contribution is 0.0966. The Balaban J connectivity index is 3.83. The number of hydrogen-bond acceptors (Lipinski definition) is 2. The lowest BCUT2D eigenvalue weighted by Crippen LogP contribution is -2.24. The third-order valence-corrected chi connectivity index (χ3v) is 3.18. The highest BCUT2D eigenvalue weighted by Gasteiger charge is 2.21. The molecule has 16 heavy (non-hydrogen) atoms. The van der Waals surface area contributed by atoms with Crippen molar-refractivity contribution in [1.29, 1.82) is 0 Å². The minimum Gasteiger partial charge on any atom is -0.366 e. The highest BCUT2D eigenvalue weighted by Crippen LogP contribution is 2.25. The summed E-state index contributed by atoms with van der Waals surface area (Å²) in [6.07, 6.45) is 0. The standard InChI is InChI=1S/C12H16N2O2/c1-5-6(2)8(4)10(12(14)16)9(7(5)3)11(13)15/h1-4H3,(H2,13,15)(H2,14,16). The first kappa shape index (κ1) is 12.2. The number of hydrogen-bond donors (Lipinski definition) is 2. The van der Waals surface area contributed by atoms with Crippen molar-refractivity contribution < 1.29 is 9.59 Å². The second-order valence-corrected chi connectivity index (χ2v) is 3.98. The van der Waals surface area contributed by atoms with E-state index >= 15 is 0 Å². The smallest absolute Gasteiger partial charge is 0.249 e. The third kappa shape index (κ3) is 1.66. The first-order valence-corrected chi connectivity index (χ1v) is 4.99. The fourth-order valence-corrected chi connectivity index (χ4v) is 1.93. The van der Waals surface area contributed by atoms with Gasteiger partial charge in [0, 0.05) is 0 Å². The van der Waals surface area contributed by atoms with Gasteiger partial charge >= 0.3 is 0 Å². The number of nitrogens with two attached hydrogens (primary N) is 2. The van der Waals surface area contributed by atoms with Gasteiger partial charge in [-0.05, 0) is 49.9 Å². The van der Waals surface area contributed by atoms with Crippen LogP contribution in [0.5, 0.6) is 0 Å². The maximum absolute atomic E-state index is 11.4. The molecule has 0 bridgehead atoms. The van der Waals surface area contributed by atoms with Gasteiger partial charge in [0.05, 0.1) is 11.1 Å². The molecular weight excluding hydrogens is 204 g/mol. The Hall–Kier alpha value is -1.84. The molecule has 0 radical (unpaired) electrons. The summed E-state index contributed by atoms with van der Waals surface area (Å²) in [4.78, 5) is 22.8.